The number of fused-ring (bicyclic) bond motifs is 1. The number of carbonyl (C=O) groups is 3. The number of amides is 2. The second-order valence-electron chi connectivity index (χ2n) is 6.00. The topological polar surface area (TPSA) is 144 Å². The first kappa shape index (κ1) is 19.2. The predicted molar refractivity (Wildman–Crippen MR) is 93.4 cm³/mol. The molecule has 0 aromatic rings. The van der Waals surface area contributed by atoms with E-state index in [1.54, 1.807) is 6.92 Å². The highest BCUT2D eigenvalue weighted by molar-refractivity contribution is 8.00. The normalized spacial score (nSPS) is 26.1. The van der Waals surface area contributed by atoms with Crippen molar-refractivity contribution in [3.8, 4) is 0 Å². The summed E-state index contributed by atoms with van der Waals surface area (Å²) < 4.78 is 0. The molecule has 0 saturated carbocycles. The molecule has 3 unspecified atom stereocenters. The van der Waals surface area contributed by atoms with Crippen LogP contribution in [0.15, 0.2) is 35.1 Å². The van der Waals surface area contributed by atoms with E-state index >= 15 is 0 Å². The predicted octanol–water partition coefficient (Wildman–Crippen LogP) is -0.476. The third-order valence-corrected chi connectivity index (χ3v) is 5.80. The van der Waals surface area contributed by atoms with Crippen molar-refractivity contribution >= 4 is 29.5 Å². The molecular weight excluding hydrogens is 346 g/mol. The van der Waals surface area contributed by atoms with Crippen molar-refractivity contribution in [2.45, 2.75) is 37.2 Å². The lowest BCUT2D eigenvalue weighted by atomic mass is 9.97. The lowest BCUT2D eigenvalue weighted by molar-refractivity contribution is -0.150. The molecule has 3 aliphatic rings. The summed E-state index contributed by atoms with van der Waals surface area (Å²) in [4.78, 5) is 37.3. The summed E-state index contributed by atoms with van der Waals surface area (Å²) in [7, 11) is 0. The Morgan fingerprint density at radius 1 is 1.44 bits per heavy atom. The van der Waals surface area contributed by atoms with Gasteiger partial charge in [-0.05, 0) is 30.9 Å². The molecule has 0 bridgehead atoms. The Bertz CT molecular complexity index is 700. The summed E-state index contributed by atoms with van der Waals surface area (Å²) in [5, 5.41) is 11.6. The molecule has 0 radical (unpaired) electrons. The number of allylic oxidation sites excluding steroid dienone is 3. The molecule has 1 fully saturated rings. The molecule has 136 valence electrons. The van der Waals surface area contributed by atoms with Gasteiger partial charge in [-0.3, -0.25) is 14.5 Å². The fraction of sp³-hybridized carbons (Fsp3) is 0.438. The average Bonchev–Trinajstić information content (AvgIpc) is 2.59. The summed E-state index contributed by atoms with van der Waals surface area (Å²) in [6.45, 7) is 1.70. The Labute approximate surface area is 149 Å². The Morgan fingerprint density at radius 2 is 2.16 bits per heavy atom. The number of carbonyl (C=O) groups excluding carboxylic acids is 2. The van der Waals surface area contributed by atoms with Gasteiger partial charge in [-0.2, -0.15) is 0 Å². The molecule has 3 rings (SSSR count). The SMILES string of the molecule is CC1=C(C(=O)O)N2C(=O)C(NC(=O)C(N)C3=CCC=CC3)C2SC1.O. The van der Waals surface area contributed by atoms with E-state index in [1.165, 1.54) is 16.7 Å². The van der Waals surface area contributed by atoms with Crippen LogP contribution in [-0.4, -0.2) is 56.5 Å². The van der Waals surface area contributed by atoms with Crippen molar-refractivity contribution in [3.63, 3.8) is 0 Å². The molecule has 2 aliphatic heterocycles. The highest BCUT2D eigenvalue weighted by atomic mass is 32.2. The Hall–Kier alpha value is -2.10. The van der Waals surface area contributed by atoms with Gasteiger partial charge in [0.05, 0.1) is 0 Å². The molecule has 0 spiro atoms. The minimum absolute atomic E-state index is 0. The van der Waals surface area contributed by atoms with E-state index in [-0.39, 0.29) is 16.5 Å². The van der Waals surface area contributed by atoms with Crippen LogP contribution in [0.5, 0.6) is 0 Å². The molecule has 2 amide bonds. The minimum Gasteiger partial charge on any atom is -0.477 e. The van der Waals surface area contributed by atoms with Crippen LogP contribution in [0.2, 0.25) is 0 Å². The summed E-state index contributed by atoms with van der Waals surface area (Å²) in [6.07, 6.45) is 7.26. The van der Waals surface area contributed by atoms with Gasteiger partial charge in [0.2, 0.25) is 5.91 Å². The maximum absolute atomic E-state index is 12.3. The third kappa shape index (κ3) is 3.35. The Morgan fingerprint density at radius 3 is 2.76 bits per heavy atom. The van der Waals surface area contributed by atoms with Gasteiger partial charge in [-0.1, -0.05) is 18.2 Å². The first-order valence-corrected chi connectivity index (χ1v) is 8.74. The molecule has 0 aromatic heterocycles. The zero-order chi connectivity index (χ0) is 17.4. The Balaban J connectivity index is 0.00000225. The summed E-state index contributed by atoms with van der Waals surface area (Å²) in [5.74, 6) is -1.41. The van der Waals surface area contributed by atoms with Gasteiger partial charge >= 0.3 is 5.97 Å². The van der Waals surface area contributed by atoms with E-state index in [4.69, 9.17) is 5.73 Å². The van der Waals surface area contributed by atoms with Gasteiger partial charge < -0.3 is 21.6 Å². The lowest BCUT2D eigenvalue weighted by Gasteiger charge is -2.49. The molecule has 3 atom stereocenters. The van der Waals surface area contributed by atoms with Crippen LogP contribution in [0.25, 0.3) is 0 Å². The fourth-order valence-electron chi connectivity index (χ4n) is 3.06. The second-order valence-corrected chi connectivity index (χ2v) is 7.10. The van der Waals surface area contributed by atoms with Crippen LogP contribution >= 0.6 is 11.8 Å². The van der Waals surface area contributed by atoms with Crippen LogP contribution in [0, 0.1) is 0 Å². The van der Waals surface area contributed by atoms with Crippen LogP contribution < -0.4 is 11.1 Å². The monoisotopic (exact) mass is 367 g/mol. The minimum atomic E-state index is -1.12. The number of nitrogens with zero attached hydrogens (tertiary/aromatic N) is 1. The van der Waals surface area contributed by atoms with Gasteiger partial charge in [0.1, 0.15) is 23.2 Å². The third-order valence-electron chi connectivity index (χ3n) is 4.38. The second kappa shape index (κ2) is 7.42. The number of thioether (sulfide) groups is 1. The maximum Gasteiger partial charge on any atom is 0.352 e. The van der Waals surface area contributed by atoms with E-state index in [0.717, 1.165) is 12.0 Å². The number of β-lactam (4-membered cyclic amide) rings is 1. The Kier molecular flexibility index (Phi) is 5.71. The van der Waals surface area contributed by atoms with Crippen molar-refractivity contribution in [2.24, 2.45) is 5.73 Å². The lowest BCUT2D eigenvalue weighted by Crippen LogP contribution is -2.71. The number of hydrogen-bond acceptors (Lipinski definition) is 5. The van der Waals surface area contributed by atoms with E-state index < -0.39 is 29.9 Å². The van der Waals surface area contributed by atoms with Crippen LogP contribution in [0.4, 0.5) is 0 Å². The van der Waals surface area contributed by atoms with E-state index in [0.29, 0.717) is 17.7 Å². The van der Waals surface area contributed by atoms with Crippen LogP contribution in [0.3, 0.4) is 0 Å². The van der Waals surface area contributed by atoms with Crippen molar-refractivity contribution in [1.29, 1.82) is 0 Å². The highest BCUT2D eigenvalue weighted by Gasteiger charge is 2.53. The van der Waals surface area contributed by atoms with Gasteiger partial charge in [-0.25, -0.2) is 4.79 Å². The molecule has 1 aliphatic carbocycles. The first-order valence-electron chi connectivity index (χ1n) is 7.69. The maximum atomic E-state index is 12.3. The van der Waals surface area contributed by atoms with E-state index in [1.807, 2.05) is 18.2 Å². The number of rotatable bonds is 4. The zero-order valence-corrected chi connectivity index (χ0v) is 14.5. The van der Waals surface area contributed by atoms with Crippen molar-refractivity contribution in [2.75, 3.05) is 5.75 Å². The quantitative estimate of drug-likeness (QED) is 0.452. The summed E-state index contributed by atoms with van der Waals surface area (Å²) >= 11 is 1.45. The fourth-order valence-corrected chi connectivity index (χ4v) is 4.35. The van der Waals surface area contributed by atoms with Crippen molar-refractivity contribution in [1.82, 2.24) is 10.2 Å². The van der Waals surface area contributed by atoms with Gasteiger partial charge in [-0.15, -0.1) is 11.8 Å². The smallest absolute Gasteiger partial charge is 0.352 e. The molecule has 2 heterocycles. The number of nitrogens with one attached hydrogen (secondary N) is 1. The number of carboxylic acid groups (broad SMARTS) is 1. The highest BCUT2D eigenvalue weighted by Crippen LogP contribution is 2.40. The largest absolute Gasteiger partial charge is 0.477 e. The molecule has 0 aromatic carbocycles. The summed E-state index contributed by atoms with van der Waals surface area (Å²) in [6, 6.07) is -1.52. The standard InChI is InChI=1S/C16H19N3O4S.H2O/c1-8-7-24-15-11(14(21)19(15)12(8)16(22)23)18-13(20)10(17)9-5-3-2-4-6-9;/h2-3,6,10-11,15H,4-5,7,17H2,1H3,(H,18,20)(H,22,23);1H2. The number of carboxylic acids is 1. The van der Waals surface area contributed by atoms with Gasteiger partial charge in [0, 0.05) is 5.75 Å². The van der Waals surface area contributed by atoms with Crippen molar-refractivity contribution in [3.05, 3.63) is 35.1 Å². The number of aliphatic carboxylic acids is 1. The van der Waals surface area contributed by atoms with E-state index in [2.05, 4.69) is 5.32 Å². The average molecular weight is 367 g/mol. The number of nitrogens with two attached hydrogens (primary N) is 1. The molecular formula is C16H21N3O5S. The van der Waals surface area contributed by atoms with E-state index in [9.17, 15) is 19.5 Å². The van der Waals surface area contributed by atoms with Crippen LogP contribution in [-0.2, 0) is 14.4 Å². The number of hydrogen-bond donors (Lipinski definition) is 3. The zero-order valence-electron chi connectivity index (χ0n) is 13.7. The molecule has 8 nitrogen and oxygen atoms in total. The molecule has 6 N–H and O–H groups in total. The van der Waals surface area contributed by atoms with Crippen molar-refractivity contribution < 1.29 is 25.0 Å². The molecule has 25 heavy (non-hydrogen) atoms. The first-order chi connectivity index (χ1) is 11.4. The molecule has 1 saturated heterocycles. The van der Waals surface area contributed by atoms with Crippen LogP contribution in [0.1, 0.15) is 19.8 Å². The molecule has 9 heteroatoms. The van der Waals surface area contributed by atoms with Gasteiger partial charge in [0.25, 0.3) is 5.91 Å². The summed E-state index contributed by atoms with van der Waals surface area (Å²) in [5.41, 5.74) is 7.49. The van der Waals surface area contributed by atoms with Gasteiger partial charge in [0.15, 0.2) is 0 Å².